The van der Waals surface area contributed by atoms with E-state index in [0.717, 1.165) is 31.3 Å². The molecule has 6 atom stereocenters. The topological polar surface area (TPSA) is 32.3 Å². The molecule has 1 saturated heterocycles. The first-order chi connectivity index (χ1) is 8.04. The van der Waals surface area contributed by atoms with E-state index in [1.807, 2.05) is 0 Å². The van der Waals surface area contributed by atoms with Crippen LogP contribution >= 0.6 is 0 Å². The van der Waals surface area contributed by atoms with Gasteiger partial charge in [0, 0.05) is 0 Å². The molecule has 2 N–H and O–H groups in total. The zero-order valence-electron chi connectivity index (χ0n) is 11.4. The van der Waals surface area contributed by atoms with Gasteiger partial charge in [0.2, 0.25) is 0 Å². The Hall–Kier alpha value is -0.0800. The molecular weight excluding hydrogens is 210 g/mol. The van der Waals surface area contributed by atoms with Crippen molar-refractivity contribution in [2.75, 3.05) is 13.1 Å². The van der Waals surface area contributed by atoms with Crippen LogP contribution in [0.15, 0.2) is 0 Å². The Labute approximate surface area is 105 Å². The van der Waals surface area contributed by atoms with Gasteiger partial charge < -0.3 is 10.4 Å². The Bertz CT molecular complexity index is 293. The molecule has 17 heavy (non-hydrogen) atoms. The SMILES string of the molecule is CC(C)[C@H]1CC[C@@H](C)C[C@]1(O)C1[C@H]2CNC[C@@H]12. The molecule has 1 aliphatic heterocycles. The van der Waals surface area contributed by atoms with Gasteiger partial charge in [-0.2, -0.15) is 0 Å². The highest BCUT2D eigenvalue weighted by molar-refractivity contribution is 5.15. The third-order valence-corrected chi connectivity index (χ3v) is 5.76. The van der Waals surface area contributed by atoms with Crippen LogP contribution in [0.4, 0.5) is 0 Å². The summed E-state index contributed by atoms with van der Waals surface area (Å²) >= 11 is 0. The largest absolute Gasteiger partial charge is 0.389 e. The Morgan fingerprint density at radius 2 is 1.82 bits per heavy atom. The quantitative estimate of drug-likeness (QED) is 0.772. The molecule has 98 valence electrons. The minimum atomic E-state index is -0.344. The number of hydrogen-bond donors (Lipinski definition) is 2. The normalized spacial score (nSPS) is 53.8. The first-order valence-electron chi connectivity index (χ1n) is 7.47. The average Bonchev–Trinajstić information content (AvgIpc) is 2.75. The number of rotatable bonds is 2. The maximum atomic E-state index is 11.3. The Kier molecular flexibility index (Phi) is 2.79. The van der Waals surface area contributed by atoms with E-state index in [0.29, 0.717) is 23.7 Å². The molecule has 3 rings (SSSR count). The smallest absolute Gasteiger partial charge is 0.0715 e. The molecule has 0 radical (unpaired) electrons. The second-order valence-electron chi connectivity index (χ2n) is 7.24. The highest BCUT2D eigenvalue weighted by Gasteiger charge is 2.64. The highest BCUT2D eigenvalue weighted by atomic mass is 16.3. The van der Waals surface area contributed by atoms with E-state index in [1.165, 1.54) is 12.8 Å². The summed E-state index contributed by atoms with van der Waals surface area (Å²) in [5.41, 5.74) is -0.344. The lowest BCUT2D eigenvalue weighted by Gasteiger charge is -2.46. The fourth-order valence-corrected chi connectivity index (χ4v) is 4.98. The number of aliphatic hydroxyl groups is 1. The summed E-state index contributed by atoms with van der Waals surface area (Å²) in [5.74, 6) is 4.05. The van der Waals surface area contributed by atoms with Gasteiger partial charge in [0.1, 0.15) is 0 Å². The molecule has 0 bridgehead atoms. The second-order valence-corrected chi connectivity index (χ2v) is 7.24. The summed E-state index contributed by atoms with van der Waals surface area (Å²) in [6.45, 7) is 9.20. The van der Waals surface area contributed by atoms with Gasteiger partial charge in [-0.25, -0.2) is 0 Å². The van der Waals surface area contributed by atoms with E-state index >= 15 is 0 Å². The van der Waals surface area contributed by atoms with Gasteiger partial charge in [-0.1, -0.05) is 27.2 Å². The van der Waals surface area contributed by atoms with Crippen LogP contribution in [-0.2, 0) is 0 Å². The van der Waals surface area contributed by atoms with Crippen molar-refractivity contribution in [1.82, 2.24) is 5.32 Å². The summed E-state index contributed by atoms with van der Waals surface area (Å²) in [6.07, 6.45) is 3.59. The molecule has 0 amide bonds. The fourth-order valence-electron chi connectivity index (χ4n) is 4.98. The van der Waals surface area contributed by atoms with Gasteiger partial charge in [0.15, 0.2) is 0 Å². The van der Waals surface area contributed by atoms with Crippen LogP contribution in [0.1, 0.15) is 40.0 Å². The molecule has 2 saturated carbocycles. The van der Waals surface area contributed by atoms with Gasteiger partial charge in [0.25, 0.3) is 0 Å². The lowest BCUT2D eigenvalue weighted by atomic mass is 9.64. The van der Waals surface area contributed by atoms with Crippen LogP contribution in [0.25, 0.3) is 0 Å². The van der Waals surface area contributed by atoms with E-state index in [9.17, 15) is 5.11 Å². The van der Waals surface area contributed by atoms with Crippen LogP contribution in [0.2, 0.25) is 0 Å². The minimum Gasteiger partial charge on any atom is -0.389 e. The highest BCUT2D eigenvalue weighted by Crippen LogP contribution is 2.61. The van der Waals surface area contributed by atoms with Crippen LogP contribution in [0, 0.1) is 35.5 Å². The maximum Gasteiger partial charge on any atom is 0.0715 e. The van der Waals surface area contributed by atoms with Crippen LogP contribution in [-0.4, -0.2) is 23.8 Å². The van der Waals surface area contributed by atoms with Crippen molar-refractivity contribution < 1.29 is 5.11 Å². The number of nitrogens with one attached hydrogen (secondary N) is 1. The standard InChI is InChI=1S/C15H27NO/c1-9(2)13-5-4-10(3)6-15(13,17)14-11-7-16-8-12(11)14/h9-14,16-17H,4-8H2,1-3H3/t10-,11-,12+,13-,14?,15-/m1/s1. The predicted octanol–water partition coefficient (Wildman–Crippen LogP) is 2.28. The molecule has 1 heterocycles. The molecule has 3 fully saturated rings. The summed E-state index contributed by atoms with van der Waals surface area (Å²) < 4.78 is 0. The molecule has 0 aromatic rings. The molecule has 0 aromatic carbocycles. The molecular formula is C15H27NO. The van der Waals surface area contributed by atoms with Crippen LogP contribution in [0.3, 0.4) is 0 Å². The zero-order chi connectivity index (χ0) is 12.2. The van der Waals surface area contributed by atoms with Crippen LogP contribution in [0.5, 0.6) is 0 Å². The van der Waals surface area contributed by atoms with Crippen molar-refractivity contribution in [2.45, 2.75) is 45.6 Å². The molecule has 3 aliphatic rings. The molecule has 2 aliphatic carbocycles. The van der Waals surface area contributed by atoms with Crippen molar-refractivity contribution >= 4 is 0 Å². The van der Waals surface area contributed by atoms with Crippen molar-refractivity contribution in [2.24, 2.45) is 35.5 Å². The summed E-state index contributed by atoms with van der Waals surface area (Å²) in [5, 5.41) is 14.7. The molecule has 2 heteroatoms. The van der Waals surface area contributed by atoms with Gasteiger partial charge in [-0.3, -0.25) is 0 Å². The minimum absolute atomic E-state index is 0.344. The predicted molar refractivity (Wildman–Crippen MR) is 69.6 cm³/mol. The van der Waals surface area contributed by atoms with E-state index < -0.39 is 0 Å². The van der Waals surface area contributed by atoms with E-state index in [2.05, 4.69) is 26.1 Å². The summed E-state index contributed by atoms with van der Waals surface area (Å²) in [7, 11) is 0. The van der Waals surface area contributed by atoms with Crippen molar-refractivity contribution in [1.29, 1.82) is 0 Å². The van der Waals surface area contributed by atoms with Crippen molar-refractivity contribution in [3.05, 3.63) is 0 Å². The number of piperidine rings is 1. The Balaban J connectivity index is 1.81. The van der Waals surface area contributed by atoms with Crippen LogP contribution < -0.4 is 5.32 Å². The van der Waals surface area contributed by atoms with E-state index in [-0.39, 0.29) is 5.60 Å². The van der Waals surface area contributed by atoms with Gasteiger partial charge in [0.05, 0.1) is 5.60 Å². The monoisotopic (exact) mass is 237 g/mol. The fraction of sp³-hybridized carbons (Fsp3) is 1.00. The molecule has 0 aromatic heterocycles. The number of hydrogen-bond acceptors (Lipinski definition) is 2. The van der Waals surface area contributed by atoms with Gasteiger partial charge in [-0.05, 0) is 61.4 Å². The average molecular weight is 237 g/mol. The van der Waals surface area contributed by atoms with Gasteiger partial charge >= 0.3 is 0 Å². The molecule has 2 nitrogen and oxygen atoms in total. The van der Waals surface area contributed by atoms with Gasteiger partial charge in [-0.15, -0.1) is 0 Å². The molecule has 1 unspecified atom stereocenters. The molecule has 0 spiro atoms. The maximum absolute atomic E-state index is 11.3. The third-order valence-electron chi connectivity index (χ3n) is 5.76. The lowest BCUT2D eigenvalue weighted by molar-refractivity contribution is -0.104. The first-order valence-corrected chi connectivity index (χ1v) is 7.47. The number of fused-ring (bicyclic) bond motifs is 1. The Morgan fingerprint density at radius 3 is 2.41 bits per heavy atom. The van der Waals surface area contributed by atoms with E-state index in [4.69, 9.17) is 0 Å². The first kappa shape index (κ1) is 12.0. The van der Waals surface area contributed by atoms with Crippen molar-refractivity contribution in [3.63, 3.8) is 0 Å². The lowest BCUT2D eigenvalue weighted by Crippen LogP contribution is -2.49. The summed E-state index contributed by atoms with van der Waals surface area (Å²) in [4.78, 5) is 0. The van der Waals surface area contributed by atoms with Crippen molar-refractivity contribution in [3.8, 4) is 0 Å². The second kappa shape index (κ2) is 3.96. The summed E-state index contributed by atoms with van der Waals surface area (Å²) in [6, 6.07) is 0. The van der Waals surface area contributed by atoms with E-state index in [1.54, 1.807) is 0 Å². The third kappa shape index (κ3) is 1.76. The Morgan fingerprint density at radius 1 is 1.18 bits per heavy atom. The zero-order valence-corrected chi connectivity index (χ0v) is 11.4.